The van der Waals surface area contributed by atoms with Crippen LogP contribution in [0.1, 0.15) is 39.0 Å². The van der Waals surface area contributed by atoms with Crippen molar-refractivity contribution in [2.75, 3.05) is 6.61 Å². The molecule has 1 saturated carbocycles. The molecule has 0 unspecified atom stereocenters. The van der Waals surface area contributed by atoms with Gasteiger partial charge in [-0.3, -0.25) is 0 Å². The smallest absolute Gasteiger partial charge is 0.417 e. The molecule has 0 aromatic carbocycles. The number of carboxylic acid groups (broad SMARTS) is 1. The number of hydrogen-bond acceptors (Lipinski definition) is 4. The monoisotopic (exact) mass is 218 g/mol. The lowest BCUT2D eigenvalue weighted by molar-refractivity contribution is -0.168. The van der Waals surface area contributed by atoms with E-state index in [-0.39, 0.29) is 12.7 Å². The van der Waals surface area contributed by atoms with Gasteiger partial charge in [0.2, 0.25) is 0 Å². The molecule has 0 aliphatic heterocycles. The molecule has 2 N–H and O–H groups in total. The van der Waals surface area contributed by atoms with Crippen molar-refractivity contribution < 1.29 is 24.5 Å². The fourth-order valence-corrected chi connectivity index (χ4v) is 1.38. The predicted octanol–water partition coefficient (Wildman–Crippen LogP) is 0.945. The van der Waals surface area contributed by atoms with Gasteiger partial charge in [0.05, 0.1) is 0 Å². The maximum Gasteiger partial charge on any atom is 0.417 e. The zero-order chi connectivity index (χ0) is 11.7. The van der Waals surface area contributed by atoms with E-state index in [1.54, 1.807) is 6.92 Å². The second-order valence-corrected chi connectivity index (χ2v) is 3.29. The molecule has 1 aliphatic carbocycles. The molecular weight excluding hydrogens is 200 g/mol. The molecule has 5 heteroatoms. The van der Waals surface area contributed by atoms with Crippen LogP contribution in [0.5, 0.6) is 0 Å². The topological polar surface area (TPSA) is 83.8 Å². The highest BCUT2D eigenvalue weighted by atomic mass is 16.6. The largest absolute Gasteiger partial charge is 0.473 e. The fourth-order valence-electron chi connectivity index (χ4n) is 1.38. The Hall–Kier alpha value is -1.10. The maximum absolute atomic E-state index is 10.6. The summed E-state index contributed by atoms with van der Waals surface area (Å²) in [5.74, 6) is -2.62. The standard InChI is InChI=1S/C8H12O4.C2H6O/c9-7(10)8(11)12-6-4-2-1-3-5-6;1-2-3/h6H,1-5H2,(H,9,10);3H,2H2,1H3. The van der Waals surface area contributed by atoms with Gasteiger partial charge in [0.15, 0.2) is 0 Å². The molecule has 15 heavy (non-hydrogen) atoms. The van der Waals surface area contributed by atoms with Crippen LogP contribution in [0.15, 0.2) is 0 Å². The lowest BCUT2D eigenvalue weighted by Gasteiger charge is -2.20. The van der Waals surface area contributed by atoms with Crippen molar-refractivity contribution in [1.82, 2.24) is 0 Å². The van der Waals surface area contributed by atoms with E-state index in [4.69, 9.17) is 14.9 Å². The number of aliphatic hydroxyl groups excluding tert-OH is 1. The van der Waals surface area contributed by atoms with E-state index in [9.17, 15) is 9.59 Å². The number of carboxylic acids is 1. The molecule has 0 bridgehead atoms. The van der Waals surface area contributed by atoms with Crippen molar-refractivity contribution >= 4 is 11.9 Å². The molecule has 1 aliphatic rings. The third-order valence-electron chi connectivity index (χ3n) is 2.00. The Labute approximate surface area is 89.0 Å². The van der Waals surface area contributed by atoms with Crippen LogP contribution in [0.4, 0.5) is 0 Å². The van der Waals surface area contributed by atoms with Crippen LogP contribution in [0.3, 0.4) is 0 Å². The summed E-state index contributed by atoms with van der Waals surface area (Å²) in [7, 11) is 0. The number of aliphatic hydroxyl groups is 1. The van der Waals surface area contributed by atoms with Crippen LogP contribution < -0.4 is 0 Å². The summed E-state index contributed by atoms with van der Waals surface area (Å²) in [6.45, 7) is 1.93. The average Bonchev–Trinajstić information content (AvgIpc) is 2.20. The van der Waals surface area contributed by atoms with Gasteiger partial charge < -0.3 is 14.9 Å². The summed E-state index contributed by atoms with van der Waals surface area (Å²) in [6.07, 6.45) is 4.65. The molecular formula is C10H18O5. The number of hydrogen-bond donors (Lipinski definition) is 2. The molecule has 5 nitrogen and oxygen atoms in total. The Morgan fingerprint density at radius 2 is 1.73 bits per heavy atom. The normalized spacial score (nSPS) is 16.1. The predicted molar refractivity (Wildman–Crippen MR) is 53.4 cm³/mol. The molecule has 0 spiro atoms. The Morgan fingerprint density at radius 3 is 2.13 bits per heavy atom. The van der Waals surface area contributed by atoms with Crippen LogP contribution >= 0.6 is 0 Å². The Morgan fingerprint density at radius 1 is 1.27 bits per heavy atom. The van der Waals surface area contributed by atoms with E-state index in [1.807, 2.05) is 0 Å². The fraction of sp³-hybridized carbons (Fsp3) is 0.800. The van der Waals surface area contributed by atoms with Crippen molar-refractivity contribution in [3.63, 3.8) is 0 Å². The third kappa shape index (κ3) is 6.90. The highest BCUT2D eigenvalue weighted by Gasteiger charge is 2.21. The van der Waals surface area contributed by atoms with Crippen molar-refractivity contribution in [2.45, 2.75) is 45.1 Å². The van der Waals surface area contributed by atoms with Crippen molar-refractivity contribution in [3.05, 3.63) is 0 Å². The summed E-state index contributed by atoms with van der Waals surface area (Å²) in [5.41, 5.74) is 0. The van der Waals surface area contributed by atoms with E-state index in [1.165, 1.54) is 0 Å². The van der Waals surface area contributed by atoms with Crippen LogP contribution in [-0.4, -0.2) is 34.9 Å². The van der Waals surface area contributed by atoms with E-state index in [2.05, 4.69) is 0 Å². The van der Waals surface area contributed by atoms with Crippen LogP contribution in [-0.2, 0) is 14.3 Å². The first kappa shape index (κ1) is 13.9. The van der Waals surface area contributed by atoms with Crippen LogP contribution in [0.2, 0.25) is 0 Å². The van der Waals surface area contributed by atoms with Crippen molar-refractivity contribution in [2.24, 2.45) is 0 Å². The number of rotatable bonds is 1. The lowest BCUT2D eigenvalue weighted by Crippen LogP contribution is -2.25. The molecule has 1 rings (SSSR count). The van der Waals surface area contributed by atoms with E-state index < -0.39 is 11.9 Å². The van der Waals surface area contributed by atoms with E-state index >= 15 is 0 Å². The Balaban J connectivity index is 0.000000583. The van der Waals surface area contributed by atoms with Gasteiger partial charge in [0, 0.05) is 6.61 Å². The Bertz CT molecular complexity index is 196. The number of ether oxygens (including phenoxy) is 1. The molecule has 0 atom stereocenters. The zero-order valence-corrected chi connectivity index (χ0v) is 8.94. The van der Waals surface area contributed by atoms with Gasteiger partial charge in [-0.15, -0.1) is 0 Å². The SMILES string of the molecule is CCO.O=C(O)C(=O)OC1CCCCC1. The van der Waals surface area contributed by atoms with Crippen LogP contribution in [0, 0.1) is 0 Å². The summed E-state index contributed by atoms with van der Waals surface area (Å²) < 4.78 is 4.71. The third-order valence-corrected chi connectivity index (χ3v) is 2.00. The van der Waals surface area contributed by atoms with Gasteiger partial charge in [-0.05, 0) is 32.6 Å². The second-order valence-electron chi connectivity index (χ2n) is 3.29. The van der Waals surface area contributed by atoms with Crippen molar-refractivity contribution in [3.8, 4) is 0 Å². The van der Waals surface area contributed by atoms with Crippen molar-refractivity contribution in [1.29, 1.82) is 0 Å². The van der Waals surface area contributed by atoms with E-state index in [0.717, 1.165) is 32.1 Å². The van der Waals surface area contributed by atoms with Gasteiger partial charge in [-0.25, -0.2) is 9.59 Å². The molecule has 0 aromatic rings. The summed E-state index contributed by atoms with van der Waals surface area (Å²) in [5, 5.41) is 15.8. The first-order valence-electron chi connectivity index (χ1n) is 5.16. The number of carbonyl (C=O) groups excluding carboxylic acids is 1. The summed E-state index contributed by atoms with van der Waals surface area (Å²) >= 11 is 0. The molecule has 0 heterocycles. The lowest BCUT2D eigenvalue weighted by atomic mass is 9.98. The Kier molecular flexibility index (Phi) is 7.62. The highest BCUT2D eigenvalue weighted by molar-refractivity contribution is 6.28. The van der Waals surface area contributed by atoms with Gasteiger partial charge in [-0.2, -0.15) is 0 Å². The average molecular weight is 218 g/mol. The molecule has 0 aromatic heterocycles. The quantitative estimate of drug-likeness (QED) is 0.505. The van der Waals surface area contributed by atoms with Gasteiger partial charge in [0.25, 0.3) is 0 Å². The molecule has 0 amide bonds. The summed E-state index contributed by atoms with van der Waals surface area (Å²) in [4.78, 5) is 20.7. The minimum Gasteiger partial charge on any atom is -0.473 e. The number of aliphatic carboxylic acids is 1. The number of carbonyl (C=O) groups is 2. The molecule has 0 radical (unpaired) electrons. The first-order valence-corrected chi connectivity index (χ1v) is 5.16. The van der Waals surface area contributed by atoms with E-state index in [0.29, 0.717) is 0 Å². The van der Waals surface area contributed by atoms with Crippen LogP contribution in [0.25, 0.3) is 0 Å². The minimum atomic E-state index is -1.50. The highest BCUT2D eigenvalue weighted by Crippen LogP contribution is 2.20. The summed E-state index contributed by atoms with van der Waals surface area (Å²) in [6, 6.07) is 0. The van der Waals surface area contributed by atoms with Gasteiger partial charge in [-0.1, -0.05) is 6.42 Å². The second kappa shape index (κ2) is 8.23. The minimum absolute atomic E-state index is 0.164. The van der Waals surface area contributed by atoms with Gasteiger partial charge in [0.1, 0.15) is 6.10 Å². The molecule has 88 valence electrons. The maximum atomic E-state index is 10.6. The first-order chi connectivity index (χ1) is 7.11. The zero-order valence-electron chi connectivity index (χ0n) is 8.94. The molecule has 1 fully saturated rings. The van der Waals surface area contributed by atoms with Gasteiger partial charge >= 0.3 is 11.9 Å². The molecule has 0 saturated heterocycles. The number of esters is 1.